The topological polar surface area (TPSA) is 87.3 Å². The van der Waals surface area contributed by atoms with Crippen LogP contribution < -0.4 is 26.2 Å². The van der Waals surface area contributed by atoms with Crippen molar-refractivity contribution in [2.75, 3.05) is 23.8 Å². The number of thiazole rings is 1. The molecule has 1 heterocycles. The predicted molar refractivity (Wildman–Crippen MR) is 113 cm³/mol. The molecule has 0 aliphatic heterocycles. The molecule has 0 atom stereocenters. The second-order valence-corrected chi connectivity index (χ2v) is 6.86. The number of carbonyl (C=O) groups is 1. The number of hydrazine groups is 1. The maximum absolute atomic E-state index is 11.9. The SMILES string of the molecule is CCOc1ccc(NC(=S)NNC(=O)CNc2nc3ccccc3s2)cc1. The first-order valence-corrected chi connectivity index (χ1v) is 9.54. The molecule has 0 radical (unpaired) electrons. The van der Waals surface area contributed by atoms with Gasteiger partial charge in [0.25, 0.3) is 5.91 Å². The first-order valence-electron chi connectivity index (χ1n) is 8.32. The summed E-state index contributed by atoms with van der Waals surface area (Å²) in [6, 6.07) is 15.2. The Bertz CT molecular complexity index is 894. The molecule has 0 saturated heterocycles. The summed E-state index contributed by atoms with van der Waals surface area (Å²) < 4.78 is 6.45. The Morgan fingerprint density at radius 1 is 1.15 bits per heavy atom. The predicted octanol–water partition coefficient (Wildman–Crippen LogP) is 3.12. The number of rotatable bonds is 6. The molecule has 2 aromatic carbocycles. The van der Waals surface area contributed by atoms with E-state index in [2.05, 4.69) is 26.5 Å². The largest absolute Gasteiger partial charge is 0.494 e. The van der Waals surface area contributed by atoms with Crippen LogP contribution in [-0.4, -0.2) is 29.2 Å². The average molecular weight is 402 g/mol. The monoisotopic (exact) mass is 401 g/mol. The maximum Gasteiger partial charge on any atom is 0.257 e. The number of hydrogen-bond acceptors (Lipinski definition) is 6. The third-order valence-electron chi connectivity index (χ3n) is 3.43. The summed E-state index contributed by atoms with van der Waals surface area (Å²) in [6.07, 6.45) is 0. The number of carbonyl (C=O) groups excluding carboxylic acids is 1. The molecule has 7 nitrogen and oxygen atoms in total. The normalized spacial score (nSPS) is 10.3. The Labute approximate surface area is 166 Å². The summed E-state index contributed by atoms with van der Waals surface area (Å²) in [5, 5.41) is 6.96. The van der Waals surface area contributed by atoms with E-state index in [4.69, 9.17) is 17.0 Å². The Morgan fingerprint density at radius 2 is 1.93 bits per heavy atom. The molecule has 0 aliphatic rings. The Hall–Kier alpha value is -2.91. The van der Waals surface area contributed by atoms with Gasteiger partial charge in [-0.2, -0.15) is 0 Å². The van der Waals surface area contributed by atoms with Crippen LogP contribution in [0, 0.1) is 0 Å². The second kappa shape index (κ2) is 9.15. The summed E-state index contributed by atoms with van der Waals surface area (Å²) in [5.74, 6) is 0.529. The molecule has 0 bridgehead atoms. The number of hydrogen-bond donors (Lipinski definition) is 4. The van der Waals surface area contributed by atoms with Crippen molar-refractivity contribution < 1.29 is 9.53 Å². The van der Waals surface area contributed by atoms with Crippen molar-refractivity contribution in [2.45, 2.75) is 6.92 Å². The van der Waals surface area contributed by atoms with Crippen LogP contribution >= 0.6 is 23.6 Å². The first kappa shape index (κ1) is 18.9. The van der Waals surface area contributed by atoms with E-state index in [9.17, 15) is 4.79 Å². The van der Waals surface area contributed by atoms with Crippen molar-refractivity contribution in [1.82, 2.24) is 15.8 Å². The van der Waals surface area contributed by atoms with Crippen LogP contribution in [0.15, 0.2) is 48.5 Å². The Balaban J connectivity index is 1.41. The van der Waals surface area contributed by atoms with E-state index in [0.717, 1.165) is 21.7 Å². The van der Waals surface area contributed by atoms with Gasteiger partial charge in [0.15, 0.2) is 10.2 Å². The van der Waals surface area contributed by atoms with Crippen molar-refractivity contribution in [3.63, 3.8) is 0 Å². The smallest absolute Gasteiger partial charge is 0.257 e. The van der Waals surface area contributed by atoms with Gasteiger partial charge >= 0.3 is 0 Å². The molecule has 0 fully saturated rings. The van der Waals surface area contributed by atoms with Gasteiger partial charge in [0, 0.05) is 5.69 Å². The van der Waals surface area contributed by atoms with Gasteiger partial charge in [-0.3, -0.25) is 15.6 Å². The number of para-hydroxylation sites is 1. The molecule has 3 rings (SSSR count). The lowest BCUT2D eigenvalue weighted by molar-refractivity contribution is -0.119. The summed E-state index contributed by atoms with van der Waals surface area (Å²) in [7, 11) is 0. The van der Waals surface area contributed by atoms with Crippen LogP contribution in [0.5, 0.6) is 5.75 Å². The van der Waals surface area contributed by atoms with Crippen LogP contribution in [-0.2, 0) is 4.79 Å². The zero-order valence-corrected chi connectivity index (χ0v) is 16.2. The fourth-order valence-electron chi connectivity index (χ4n) is 2.24. The van der Waals surface area contributed by atoms with Crippen molar-refractivity contribution in [3.8, 4) is 5.75 Å². The number of anilines is 2. The summed E-state index contributed by atoms with van der Waals surface area (Å²) in [6.45, 7) is 2.63. The molecular formula is C18H19N5O2S2. The van der Waals surface area contributed by atoms with Crippen LogP contribution in [0.1, 0.15) is 6.92 Å². The van der Waals surface area contributed by atoms with Crippen molar-refractivity contribution in [2.24, 2.45) is 0 Å². The van der Waals surface area contributed by atoms with E-state index in [1.807, 2.05) is 55.5 Å². The van der Waals surface area contributed by atoms with Crippen LogP contribution in [0.25, 0.3) is 10.2 Å². The third-order valence-corrected chi connectivity index (χ3v) is 4.63. The highest BCUT2D eigenvalue weighted by molar-refractivity contribution is 7.80. The molecule has 0 saturated carbocycles. The van der Waals surface area contributed by atoms with E-state index in [1.165, 1.54) is 11.3 Å². The summed E-state index contributed by atoms with van der Waals surface area (Å²) in [4.78, 5) is 16.4. The fourth-order valence-corrected chi connectivity index (χ4v) is 3.27. The minimum atomic E-state index is -0.259. The van der Waals surface area contributed by atoms with Crippen molar-refractivity contribution in [1.29, 1.82) is 0 Å². The fraction of sp³-hybridized carbons (Fsp3) is 0.167. The number of benzene rings is 2. The number of amides is 1. The highest BCUT2D eigenvalue weighted by Crippen LogP contribution is 2.24. The van der Waals surface area contributed by atoms with E-state index < -0.39 is 0 Å². The zero-order valence-electron chi connectivity index (χ0n) is 14.6. The van der Waals surface area contributed by atoms with Crippen LogP contribution in [0.2, 0.25) is 0 Å². The van der Waals surface area contributed by atoms with Gasteiger partial charge in [-0.05, 0) is 55.5 Å². The number of nitrogens with one attached hydrogen (secondary N) is 4. The minimum absolute atomic E-state index is 0.0818. The highest BCUT2D eigenvalue weighted by atomic mass is 32.1. The maximum atomic E-state index is 11.9. The quantitative estimate of drug-likeness (QED) is 0.373. The molecule has 140 valence electrons. The molecular weight excluding hydrogens is 382 g/mol. The molecule has 1 aromatic heterocycles. The lowest BCUT2D eigenvalue weighted by atomic mass is 10.3. The first-order chi connectivity index (χ1) is 13.1. The Morgan fingerprint density at radius 3 is 2.67 bits per heavy atom. The molecule has 0 unspecified atom stereocenters. The van der Waals surface area contributed by atoms with Gasteiger partial charge < -0.3 is 15.4 Å². The zero-order chi connectivity index (χ0) is 19.1. The van der Waals surface area contributed by atoms with Crippen molar-refractivity contribution >= 4 is 55.6 Å². The molecule has 1 amide bonds. The standard InChI is InChI=1S/C18H19N5O2S2/c1-2-25-13-9-7-12(8-10-13)20-17(26)23-22-16(24)11-19-18-21-14-5-3-4-6-15(14)27-18/h3-10H,2,11H2,1H3,(H,19,21)(H,22,24)(H2,20,23,26). The Kier molecular flexibility index (Phi) is 6.39. The molecule has 0 spiro atoms. The molecule has 27 heavy (non-hydrogen) atoms. The van der Waals surface area contributed by atoms with Gasteiger partial charge in [0.1, 0.15) is 5.75 Å². The number of nitrogens with zero attached hydrogens (tertiary/aromatic N) is 1. The van der Waals surface area contributed by atoms with Gasteiger partial charge in [0.05, 0.1) is 23.4 Å². The molecule has 0 aliphatic carbocycles. The molecule has 4 N–H and O–H groups in total. The van der Waals surface area contributed by atoms with E-state index >= 15 is 0 Å². The lowest BCUT2D eigenvalue weighted by Crippen LogP contribution is -2.45. The third kappa shape index (κ3) is 5.53. The van der Waals surface area contributed by atoms with E-state index in [1.54, 1.807) is 0 Å². The summed E-state index contributed by atoms with van der Waals surface area (Å²) >= 11 is 6.66. The van der Waals surface area contributed by atoms with Gasteiger partial charge in [-0.1, -0.05) is 23.5 Å². The van der Waals surface area contributed by atoms with Crippen LogP contribution in [0.3, 0.4) is 0 Å². The highest BCUT2D eigenvalue weighted by Gasteiger charge is 2.06. The lowest BCUT2D eigenvalue weighted by Gasteiger charge is -2.12. The van der Waals surface area contributed by atoms with Gasteiger partial charge in [0.2, 0.25) is 0 Å². The van der Waals surface area contributed by atoms with Gasteiger partial charge in [-0.15, -0.1) is 0 Å². The molecule has 9 heteroatoms. The molecule has 3 aromatic rings. The van der Waals surface area contributed by atoms with Gasteiger partial charge in [-0.25, -0.2) is 4.98 Å². The number of fused-ring (bicyclic) bond motifs is 1. The second-order valence-electron chi connectivity index (χ2n) is 5.42. The summed E-state index contributed by atoms with van der Waals surface area (Å²) in [5.41, 5.74) is 6.90. The van der Waals surface area contributed by atoms with Crippen molar-refractivity contribution in [3.05, 3.63) is 48.5 Å². The van der Waals surface area contributed by atoms with E-state index in [0.29, 0.717) is 11.7 Å². The van der Waals surface area contributed by atoms with Crippen LogP contribution in [0.4, 0.5) is 10.8 Å². The van der Waals surface area contributed by atoms with E-state index in [-0.39, 0.29) is 17.6 Å². The minimum Gasteiger partial charge on any atom is -0.494 e. The average Bonchev–Trinajstić information content (AvgIpc) is 3.09. The number of ether oxygens (including phenoxy) is 1. The number of aromatic nitrogens is 1. The number of thiocarbonyl (C=S) groups is 1.